The molecule has 0 N–H and O–H groups in total. The predicted molar refractivity (Wildman–Crippen MR) is 111 cm³/mol. The van der Waals surface area contributed by atoms with Gasteiger partial charge in [-0.3, -0.25) is 0 Å². The average molecular weight is 384 g/mol. The number of ether oxygens (including phenoxy) is 2. The molecule has 0 radical (unpaired) electrons. The van der Waals surface area contributed by atoms with Crippen LogP contribution in [0.15, 0.2) is 40.9 Å². The molecular weight excluding hydrogens is 356 g/mol. The summed E-state index contributed by atoms with van der Waals surface area (Å²) in [5, 5.41) is 0.692. The Morgan fingerprint density at radius 3 is 2.64 bits per heavy atom. The monoisotopic (exact) mass is 384 g/mol. The maximum atomic E-state index is 12.2. The maximum absolute atomic E-state index is 12.2. The summed E-state index contributed by atoms with van der Waals surface area (Å²) in [4.78, 5) is 18.5. The second-order valence-corrected chi connectivity index (χ2v) is 6.08. The standard InChI is InChI=1S/C20H22N2O4.C2H6/c1-5-24-20(23)18-13(2)26-17-9-8-15(11-16(17)18)25-12-14-7-6-10-21-19(14)22(3)4;1-2/h6-11H,5,12H2,1-4H3;1-2H3. The zero-order valence-electron chi connectivity index (χ0n) is 17.4. The van der Waals surface area contributed by atoms with Gasteiger partial charge < -0.3 is 18.8 Å². The van der Waals surface area contributed by atoms with Crippen LogP contribution in [0.5, 0.6) is 5.75 Å². The highest BCUT2D eigenvalue weighted by atomic mass is 16.5. The van der Waals surface area contributed by atoms with E-state index >= 15 is 0 Å². The van der Waals surface area contributed by atoms with Crippen LogP contribution in [-0.2, 0) is 11.3 Å². The van der Waals surface area contributed by atoms with Gasteiger partial charge in [-0.05, 0) is 38.1 Å². The normalized spacial score (nSPS) is 10.2. The molecule has 0 unspecified atom stereocenters. The zero-order valence-corrected chi connectivity index (χ0v) is 17.4. The van der Waals surface area contributed by atoms with Crippen molar-refractivity contribution in [3.05, 3.63) is 53.4 Å². The number of carbonyl (C=O) groups is 1. The molecule has 2 aromatic heterocycles. The minimum Gasteiger partial charge on any atom is -0.489 e. The molecule has 0 aliphatic carbocycles. The second kappa shape index (κ2) is 9.78. The number of aryl methyl sites for hydroxylation is 1. The van der Waals surface area contributed by atoms with Crippen molar-refractivity contribution >= 4 is 22.8 Å². The van der Waals surface area contributed by atoms with Crippen molar-refractivity contribution in [3.63, 3.8) is 0 Å². The van der Waals surface area contributed by atoms with E-state index in [4.69, 9.17) is 13.9 Å². The number of pyridine rings is 1. The van der Waals surface area contributed by atoms with Gasteiger partial charge in [0.1, 0.15) is 35.1 Å². The van der Waals surface area contributed by atoms with E-state index < -0.39 is 0 Å². The number of hydrogen-bond acceptors (Lipinski definition) is 6. The highest BCUT2D eigenvalue weighted by Crippen LogP contribution is 2.30. The van der Waals surface area contributed by atoms with E-state index in [2.05, 4.69) is 4.98 Å². The first kappa shape index (κ1) is 21.3. The van der Waals surface area contributed by atoms with Gasteiger partial charge in [0, 0.05) is 31.2 Å². The molecule has 3 aromatic rings. The largest absolute Gasteiger partial charge is 0.489 e. The molecule has 1 aromatic carbocycles. The Balaban J connectivity index is 0.00000136. The summed E-state index contributed by atoms with van der Waals surface area (Å²) in [5.74, 6) is 1.66. The summed E-state index contributed by atoms with van der Waals surface area (Å²) in [6, 6.07) is 9.30. The van der Waals surface area contributed by atoms with E-state index in [0.29, 0.717) is 41.3 Å². The molecule has 0 fully saturated rings. The minimum atomic E-state index is -0.386. The lowest BCUT2D eigenvalue weighted by Crippen LogP contribution is -2.14. The van der Waals surface area contributed by atoms with E-state index in [-0.39, 0.29) is 5.97 Å². The number of hydrogen-bond donors (Lipinski definition) is 0. The highest BCUT2D eigenvalue weighted by Gasteiger charge is 2.20. The van der Waals surface area contributed by atoms with Gasteiger partial charge in [-0.25, -0.2) is 9.78 Å². The molecular formula is C22H28N2O4. The number of rotatable bonds is 6. The lowest BCUT2D eigenvalue weighted by molar-refractivity contribution is 0.0526. The first-order valence-corrected chi connectivity index (χ1v) is 9.45. The topological polar surface area (TPSA) is 64.8 Å². The number of esters is 1. The molecule has 3 rings (SSSR count). The predicted octanol–water partition coefficient (Wildman–Crippen LogP) is 4.98. The number of anilines is 1. The Hall–Kier alpha value is -3.02. The summed E-state index contributed by atoms with van der Waals surface area (Å²) >= 11 is 0. The van der Waals surface area contributed by atoms with Crippen LogP contribution < -0.4 is 9.64 Å². The van der Waals surface area contributed by atoms with Gasteiger partial charge in [0.2, 0.25) is 0 Å². The van der Waals surface area contributed by atoms with Crippen LogP contribution in [0.2, 0.25) is 0 Å². The van der Waals surface area contributed by atoms with E-state index in [9.17, 15) is 4.79 Å². The second-order valence-electron chi connectivity index (χ2n) is 6.08. The molecule has 150 valence electrons. The fourth-order valence-electron chi connectivity index (χ4n) is 2.85. The molecule has 0 spiro atoms. The maximum Gasteiger partial charge on any atom is 0.342 e. The van der Waals surface area contributed by atoms with E-state index in [1.807, 2.05) is 57.1 Å². The van der Waals surface area contributed by atoms with Crippen molar-refractivity contribution in [1.82, 2.24) is 4.98 Å². The minimum absolute atomic E-state index is 0.315. The van der Waals surface area contributed by atoms with Gasteiger partial charge in [-0.2, -0.15) is 0 Å². The average Bonchev–Trinajstić information content (AvgIpc) is 3.03. The van der Waals surface area contributed by atoms with Crippen molar-refractivity contribution in [2.45, 2.75) is 34.3 Å². The van der Waals surface area contributed by atoms with E-state index in [0.717, 1.165) is 11.4 Å². The molecule has 0 saturated heterocycles. The molecule has 0 saturated carbocycles. The van der Waals surface area contributed by atoms with Gasteiger partial charge in [0.15, 0.2) is 0 Å². The van der Waals surface area contributed by atoms with Crippen molar-refractivity contribution in [2.24, 2.45) is 0 Å². The number of furan rings is 1. The van der Waals surface area contributed by atoms with Crippen LogP contribution >= 0.6 is 0 Å². The summed E-state index contributed by atoms with van der Waals surface area (Å²) in [6.07, 6.45) is 1.75. The molecule has 0 aliphatic rings. The molecule has 2 heterocycles. The zero-order chi connectivity index (χ0) is 20.7. The lowest BCUT2D eigenvalue weighted by atomic mass is 10.1. The summed E-state index contributed by atoms with van der Waals surface area (Å²) < 4.78 is 16.7. The van der Waals surface area contributed by atoms with Crippen molar-refractivity contribution < 1.29 is 18.7 Å². The number of carbonyl (C=O) groups excluding carboxylic acids is 1. The molecule has 0 amide bonds. The number of aromatic nitrogens is 1. The molecule has 6 nitrogen and oxygen atoms in total. The van der Waals surface area contributed by atoms with Gasteiger partial charge in [-0.15, -0.1) is 0 Å². The molecule has 0 aliphatic heterocycles. The third kappa shape index (κ3) is 4.63. The highest BCUT2D eigenvalue weighted by molar-refractivity contribution is 6.04. The van der Waals surface area contributed by atoms with Gasteiger partial charge in [-0.1, -0.05) is 19.9 Å². The Morgan fingerprint density at radius 2 is 1.96 bits per heavy atom. The number of nitrogens with zero attached hydrogens (tertiary/aromatic N) is 2. The van der Waals surface area contributed by atoms with Crippen molar-refractivity contribution in [1.29, 1.82) is 0 Å². The third-order valence-corrected chi connectivity index (χ3v) is 4.00. The molecule has 28 heavy (non-hydrogen) atoms. The molecule has 0 atom stereocenters. The van der Waals surface area contributed by atoms with Crippen LogP contribution in [-0.4, -0.2) is 31.7 Å². The first-order valence-electron chi connectivity index (χ1n) is 9.45. The molecule has 0 bridgehead atoms. The van der Waals surface area contributed by atoms with Crippen LogP contribution in [0.1, 0.15) is 42.5 Å². The third-order valence-electron chi connectivity index (χ3n) is 4.00. The van der Waals surface area contributed by atoms with Crippen molar-refractivity contribution in [2.75, 3.05) is 25.6 Å². The number of benzene rings is 1. The quantitative estimate of drug-likeness (QED) is 0.558. The van der Waals surface area contributed by atoms with Crippen LogP contribution in [0.3, 0.4) is 0 Å². The van der Waals surface area contributed by atoms with Crippen molar-refractivity contribution in [3.8, 4) is 5.75 Å². The summed E-state index contributed by atoms with van der Waals surface area (Å²) in [5.41, 5.74) is 2.06. The Bertz CT molecular complexity index is 931. The Labute approximate surface area is 166 Å². The smallest absolute Gasteiger partial charge is 0.342 e. The van der Waals surface area contributed by atoms with Gasteiger partial charge in [0.25, 0.3) is 0 Å². The lowest BCUT2D eigenvalue weighted by Gasteiger charge is -2.16. The van der Waals surface area contributed by atoms with Gasteiger partial charge in [0.05, 0.1) is 6.61 Å². The van der Waals surface area contributed by atoms with E-state index in [1.165, 1.54) is 0 Å². The van der Waals surface area contributed by atoms with Crippen LogP contribution in [0.4, 0.5) is 5.82 Å². The number of fused-ring (bicyclic) bond motifs is 1. The van der Waals surface area contributed by atoms with E-state index in [1.54, 1.807) is 26.1 Å². The fourth-order valence-corrected chi connectivity index (χ4v) is 2.85. The summed E-state index contributed by atoms with van der Waals surface area (Å²) in [6.45, 7) is 8.22. The fraction of sp³-hybridized carbons (Fsp3) is 0.364. The van der Waals surface area contributed by atoms with Crippen LogP contribution in [0, 0.1) is 6.92 Å². The van der Waals surface area contributed by atoms with Gasteiger partial charge >= 0.3 is 5.97 Å². The first-order chi connectivity index (χ1) is 13.5. The Kier molecular flexibility index (Phi) is 7.44. The Morgan fingerprint density at radius 1 is 1.21 bits per heavy atom. The summed E-state index contributed by atoms with van der Waals surface area (Å²) in [7, 11) is 3.88. The van der Waals surface area contributed by atoms with Crippen LogP contribution in [0.25, 0.3) is 11.0 Å². The molecule has 6 heteroatoms. The SMILES string of the molecule is CC.CCOC(=O)c1c(C)oc2ccc(OCc3cccnc3N(C)C)cc12.